The summed E-state index contributed by atoms with van der Waals surface area (Å²) in [6.45, 7) is 0.610. The summed E-state index contributed by atoms with van der Waals surface area (Å²) < 4.78 is 31.7. The Labute approximate surface area is 116 Å². The van der Waals surface area contributed by atoms with Gasteiger partial charge < -0.3 is 10.1 Å². The van der Waals surface area contributed by atoms with Gasteiger partial charge in [-0.2, -0.15) is 0 Å². The Morgan fingerprint density at radius 2 is 1.79 bits per heavy atom. The van der Waals surface area contributed by atoms with Crippen molar-refractivity contribution in [1.82, 2.24) is 5.32 Å². The summed E-state index contributed by atoms with van der Waals surface area (Å²) in [4.78, 5) is 0. The lowest BCUT2D eigenvalue weighted by atomic mass is 10.2. The van der Waals surface area contributed by atoms with Crippen molar-refractivity contribution in [2.75, 3.05) is 7.05 Å². The molecule has 0 spiro atoms. The normalized spacial score (nSPS) is 9.84. The number of hydrogen-bond donors (Lipinski definition) is 1. The third-order valence-corrected chi connectivity index (χ3v) is 2.45. The maximum Gasteiger partial charge on any atom is 0.168 e. The average molecular weight is 286 g/mol. The first kappa shape index (κ1) is 15.4. The highest BCUT2D eigenvalue weighted by molar-refractivity contribution is 5.85. The molecule has 102 valence electrons. The summed E-state index contributed by atoms with van der Waals surface area (Å²) in [7, 11) is 1.81. The molecule has 0 unspecified atom stereocenters. The van der Waals surface area contributed by atoms with Crippen LogP contribution in [0.2, 0.25) is 0 Å². The average Bonchev–Trinajstić information content (AvgIpc) is 2.35. The van der Waals surface area contributed by atoms with Gasteiger partial charge in [-0.05, 0) is 25.2 Å². The van der Waals surface area contributed by atoms with E-state index in [1.165, 1.54) is 12.1 Å². The summed E-state index contributed by atoms with van der Waals surface area (Å²) in [5, 5.41) is 3.00. The Balaban J connectivity index is 0.00000180. The van der Waals surface area contributed by atoms with Gasteiger partial charge in [0.15, 0.2) is 11.6 Å². The summed E-state index contributed by atoms with van der Waals surface area (Å²) in [6, 6.07) is 10.6. The van der Waals surface area contributed by atoms with Crippen LogP contribution < -0.4 is 10.1 Å². The van der Waals surface area contributed by atoms with Crippen LogP contribution in [0.4, 0.5) is 8.78 Å². The molecule has 0 saturated heterocycles. The second kappa shape index (κ2) is 7.07. The second-order valence-corrected chi connectivity index (χ2v) is 3.81. The standard InChI is InChI=1S/C14H13F2NO.ClH/c1-17-9-10-4-2-3-5-13(10)18-14-7-6-11(15)8-12(14)16;/h2-8,17H,9H2,1H3;1H. The molecule has 0 heterocycles. The van der Waals surface area contributed by atoms with Gasteiger partial charge in [-0.1, -0.05) is 18.2 Å². The molecule has 0 radical (unpaired) electrons. The summed E-state index contributed by atoms with van der Waals surface area (Å²) in [5.41, 5.74) is 0.906. The number of ether oxygens (including phenoxy) is 1. The molecule has 19 heavy (non-hydrogen) atoms. The Morgan fingerprint density at radius 3 is 2.47 bits per heavy atom. The van der Waals surface area contributed by atoms with E-state index < -0.39 is 11.6 Å². The van der Waals surface area contributed by atoms with Gasteiger partial charge in [-0.25, -0.2) is 8.78 Å². The van der Waals surface area contributed by atoms with Crippen molar-refractivity contribution in [3.05, 3.63) is 59.7 Å². The van der Waals surface area contributed by atoms with E-state index in [9.17, 15) is 8.78 Å². The van der Waals surface area contributed by atoms with Crippen molar-refractivity contribution in [3.63, 3.8) is 0 Å². The number of rotatable bonds is 4. The number of benzene rings is 2. The first-order valence-corrected chi connectivity index (χ1v) is 5.56. The predicted octanol–water partition coefficient (Wildman–Crippen LogP) is 3.90. The number of nitrogens with one attached hydrogen (secondary N) is 1. The topological polar surface area (TPSA) is 21.3 Å². The van der Waals surface area contributed by atoms with Crippen molar-refractivity contribution in [1.29, 1.82) is 0 Å². The molecule has 0 saturated carbocycles. The highest BCUT2D eigenvalue weighted by Gasteiger charge is 2.08. The van der Waals surface area contributed by atoms with Crippen LogP contribution in [0.25, 0.3) is 0 Å². The maximum atomic E-state index is 13.5. The molecule has 2 nitrogen and oxygen atoms in total. The minimum Gasteiger partial charge on any atom is -0.454 e. The van der Waals surface area contributed by atoms with Crippen LogP contribution >= 0.6 is 12.4 Å². The molecule has 0 aromatic heterocycles. The zero-order valence-corrected chi connectivity index (χ0v) is 11.1. The quantitative estimate of drug-likeness (QED) is 0.920. The van der Waals surface area contributed by atoms with Gasteiger partial charge in [0.2, 0.25) is 0 Å². The smallest absolute Gasteiger partial charge is 0.168 e. The first-order valence-electron chi connectivity index (χ1n) is 5.56. The fourth-order valence-electron chi connectivity index (χ4n) is 1.62. The van der Waals surface area contributed by atoms with Gasteiger partial charge in [0.1, 0.15) is 11.6 Å². The summed E-state index contributed by atoms with van der Waals surface area (Å²) in [6.07, 6.45) is 0. The Bertz CT molecular complexity index is 549. The van der Waals surface area contributed by atoms with E-state index in [4.69, 9.17) is 4.74 Å². The molecular weight excluding hydrogens is 272 g/mol. The molecule has 0 amide bonds. The lowest BCUT2D eigenvalue weighted by Crippen LogP contribution is -2.06. The van der Waals surface area contributed by atoms with Crippen molar-refractivity contribution < 1.29 is 13.5 Å². The van der Waals surface area contributed by atoms with E-state index in [-0.39, 0.29) is 18.2 Å². The van der Waals surface area contributed by atoms with E-state index in [2.05, 4.69) is 5.32 Å². The minimum atomic E-state index is -0.714. The molecule has 5 heteroatoms. The van der Waals surface area contributed by atoms with Crippen LogP contribution in [0.15, 0.2) is 42.5 Å². The van der Waals surface area contributed by atoms with Crippen LogP contribution in [0.3, 0.4) is 0 Å². The Kier molecular flexibility index (Phi) is 5.73. The minimum absolute atomic E-state index is 0. The molecule has 0 bridgehead atoms. The largest absolute Gasteiger partial charge is 0.454 e. The molecule has 2 rings (SSSR count). The van der Waals surface area contributed by atoms with Gasteiger partial charge in [0.05, 0.1) is 0 Å². The molecule has 1 N–H and O–H groups in total. The van der Waals surface area contributed by atoms with Crippen molar-refractivity contribution in [3.8, 4) is 11.5 Å². The fraction of sp³-hybridized carbons (Fsp3) is 0.143. The lowest BCUT2D eigenvalue weighted by Gasteiger charge is -2.11. The molecule has 0 aliphatic rings. The van der Waals surface area contributed by atoms with Crippen LogP contribution in [0.1, 0.15) is 5.56 Å². The Morgan fingerprint density at radius 1 is 1.05 bits per heavy atom. The van der Waals surface area contributed by atoms with E-state index in [0.717, 1.165) is 11.6 Å². The molecular formula is C14H14ClF2NO. The maximum absolute atomic E-state index is 13.5. The van der Waals surface area contributed by atoms with Gasteiger partial charge >= 0.3 is 0 Å². The van der Waals surface area contributed by atoms with E-state index in [1.54, 1.807) is 12.1 Å². The third kappa shape index (κ3) is 3.91. The molecule has 2 aromatic rings. The highest BCUT2D eigenvalue weighted by atomic mass is 35.5. The van der Waals surface area contributed by atoms with Crippen molar-refractivity contribution >= 4 is 12.4 Å². The number of hydrogen-bond acceptors (Lipinski definition) is 2. The van der Waals surface area contributed by atoms with E-state index >= 15 is 0 Å². The van der Waals surface area contributed by atoms with Crippen molar-refractivity contribution in [2.24, 2.45) is 0 Å². The number of halogens is 3. The van der Waals surface area contributed by atoms with E-state index in [0.29, 0.717) is 12.3 Å². The molecule has 0 fully saturated rings. The van der Waals surface area contributed by atoms with E-state index in [1.807, 2.05) is 19.2 Å². The lowest BCUT2D eigenvalue weighted by molar-refractivity contribution is 0.432. The molecule has 0 atom stereocenters. The zero-order valence-electron chi connectivity index (χ0n) is 10.3. The van der Waals surface area contributed by atoms with Crippen LogP contribution in [0, 0.1) is 11.6 Å². The van der Waals surface area contributed by atoms with Gasteiger partial charge in [0.25, 0.3) is 0 Å². The Hall–Kier alpha value is -1.65. The number of para-hydroxylation sites is 1. The monoisotopic (exact) mass is 285 g/mol. The van der Waals surface area contributed by atoms with Gasteiger partial charge in [-0.15, -0.1) is 12.4 Å². The summed E-state index contributed by atoms with van der Waals surface area (Å²) in [5.74, 6) is -0.769. The fourth-order valence-corrected chi connectivity index (χ4v) is 1.62. The predicted molar refractivity (Wildman–Crippen MR) is 72.9 cm³/mol. The highest BCUT2D eigenvalue weighted by Crippen LogP contribution is 2.27. The molecule has 0 aliphatic heterocycles. The SMILES string of the molecule is CNCc1ccccc1Oc1ccc(F)cc1F.Cl. The van der Waals surface area contributed by atoms with Crippen molar-refractivity contribution in [2.45, 2.75) is 6.54 Å². The van der Waals surface area contributed by atoms with Crippen LogP contribution in [-0.4, -0.2) is 7.05 Å². The molecule has 2 aromatic carbocycles. The van der Waals surface area contributed by atoms with Crippen LogP contribution in [-0.2, 0) is 6.54 Å². The molecule has 0 aliphatic carbocycles. The third-order valence-electron chi connectivity index (χ3n) is 2.45. The second-order valence-electron chi connectivity index (χ2n) is 3.81. The first-order chi connectivity index (χ1) is 8.70. The van der Waals surface area contributed by atoms with Gasteiger partial charge in [0, 0.05) is 18.2 Å². The van der Waals surface area contributed by atoms with Crippen LogP contribution in [0.5, 0.6) is 11.5 Å². The van der Waals surface area contributed by atoms with Gasteiger partial charge in [-0.3, -0.25) is 0 Å². The summed E-state index contributed by atoms with van der Waals surface area (Å²) >= 11 is 0. The zero-order chi connectivity index (χ0) is 13.0.